The highest BCUT2D eigenvalue weighted by atomic mass is 16.5. The fourth-order valence-electron chi connectivity index (χ4n) is 2.26. The van der Waals surface area contributed by atoms with Crippen molar-refractivity contribution >= 4 is 17.9 Å². The zero-order chi connectivity index (χ0) is 15.4. The van der Waals surface area contributed by atoms with Gasteiger partial charge in [0.05, 0.1) is 19.2 Å². The molecular weight excluding hydrogens is 272 g/mol. The molecule has 0 aromatic heterocycles. The van der Waals surface area contributed by atoms with E-state index in [4.69, 9.17) is 0 Å². The van der Waals surface area contributed by atoms with Gasteiger partial charge in [0.2, 0.25) is 0 Å². The molecule has 21 heavy (non-hydrogen) atoms. The maximum Gasteiger partial charge on any atom is 0.337 e. The van der Waals surface area contributed by atoms with Gasteiger partial charge in [0, 0.05) is 0 Å². The topological polar surface area (TPSA) is 75.7 Å². The van der Waals surface area contributed by atoms with Gasteiger partial charge in [-0.3, -0.25) is 9.69 Å². The molecule has 1 saturated heterocycles. The minimum absolute atomic E-state index is 0.195. The van der Waals surface area contributed by atoms with E-state index in [-0.39, 0.29) is 18.5 Å². The number of amides is 3. The number of rotatable bonds is 5. The molecule has 1 heterocycles. The van der Waals surface area contributed by atoms with Gasteiger partial charge in [-0.2, -0.15) is 0 Å². The van der Waals surface area contributed by atoms with E-state index in [0.29, 0.717) is 12.0 Å². The van der Waals surface area contributed by atoms with Crippen molar-refractivity contribution in [2.24, 2.45) is 0 Å². The summed E-state index contributed by atoms with van der Waals surface area (Å²) in [5, 5.41) is 2.68. The number of esters is 1. The number of benzene rings is 1. The van der Waals surface area contributed by atoms with E-state index in [1.807, 2.05) is 6.92 Å². The van der Waals surface area contributed by atoms with Crippen LogP contribution in [0.4, 0.5) is 4.79 Å². The van der Waals surface area contributed by atoms with Gasteiger partial charge >= 0.3 is 12.0 Å². The Labute approximate surface area is 123 Å². The summed E-state index contributed by atoms with van der Waals surface area (Å²) < 4.78 is 4.62. The summed E-state index contributed by atoms with van der Waals surface area (Å²) in [5.41, 5.74) is 1.21. The van der Waals surface area contributed by atoms with Crippen LogP contribution in [0.15, 0.2) is 24.3 Å². The summed E-state index contributed by atoms with van der Waals surface area (Å²) in [5.74, 6) is -0.613. The first-order valence-electron chi connectivity index (χ1n) is 6.86. The van der Waals surface area contributed by atoms with Crippen LogP contribution in [-0.4, -0.2) is 36.0 Å². The Morgan fingerprint density at radius 1 is 1.29 bits per heavy atom. The summed E-state index contributed by atoms with van der Waals surface area (Å²) in [6.45, 7) is 2.17. The Morgan fingerprint density at radius 3 is 2.52 bits per heavy atom. The summed E-state index contributed by atoms with van der Waals surface area (Å²) in [7, 11) is 1.32. The highest BCUT2D eigenvalue weighted by molar-refractivity contribution is 6.04. The fraction of sp³-hybridized carbons (Fsp3) is 0.400. The average Bonchev–Trinajstić information content (AvgIpc) is 2.75. The molecule has 1 N–H and O–H groups in total. The lowest BCUT2D eigenvalue weighted by molar-refractivity contribution is -0.128. The van der Waals surface area contributed by atoms with Crippen molar-refractivity contribution in [3.05, 3.63) is 35.4 Å². The highest BCUT2D eigenvalue weighted by Gasteiger charge is 2.36. The predicted molar refractivity (Wildman–Crippen MR) is 75.6 cm³/mol. The van der Waals surface area contributed by atoms with Crippen molar-refractivity contribution < 1.29 is 19.1 Å². The maximum absolute atomic E-state index is 12.1. The van der Waals surface area contributed by atoms with Gasteiger partial charge < -0.3 is 10.1 Å². The summed E-state index contributed by atoms with van der Waals surface area (Å²) in [6.07, 6.45) is 1.47. The second kappa shape index (κ2) is 6.39. The van der Waals surface area contributed by atoms with Gasteiger partial charge in [0.15, 0.2) is 0 Å². The summed E-state index contributed by atoms with van der Waals surface area (Å²) >= 11 is 0. The zero-order valence-electron chi connectivity index (χ0n) is 12.1. The largest absolute Gasteiger partial charge is 0.465 e. The second-order valence-corrected chi connectivity index (χ2v) is 4.90. The Hall–Kier alpha value is -2.37. The Morgan fingerprint density at radius 2 is 1.95 bits per heavy atom. The molecule has 6 heteroatoms. The van der Waals surface area contributed by atoms with E-state index in [1.54, 1.807) is 24.3 Å². The van der Waals surface area contributed by atoms with Crippen molar-refractivity contribution in [1.29, 1.82) is 0 Å². The van der Waals surface area contributed by atoms with Gasteiger partial charge in [0.1, 0.15) is 6.04 Å². The number of hydrogen-bond acceptors (Lipinski definition) is 4. The van der Waals surface area contributed by atoms with Crippen molar-refractivity contribution in [2.75, 3.05) is 7.11 Å². The first kappa shape index (κ1) is 15.0. The Bertz CT molecular complexity index is 553. The van der Waals surface area contributed by atoms with Crippen LogP contribution >= 0.6 is 0 Å². The minimum atomic E-state index is -0.420. The van der Waals surface area contributed by atoms with Crippen LogP contribution in [0.25, 0.3) is 0 Å². The molecule has 0 aliphatic carbocycles. The summed E-state index contributed by atoms with van der Waals surface area (Å²) in [6, 6.07) is 5.86. The van der Waals surface area contributed by atoms with Gasteiger partial charge in [-0.25, -0.2) is 9.59 Å². The number of nitrogens with zero attached hydrogens (tertiary/aromatic N) is 1. The standard InChI is InChI=1S/C15H18N2O4/c1-3-4-12-13(18)17(15(20)16-12)9-10-5-7-11(8-6-10)14(19)21-2/h5-8,12H,3-4,9H2,1-2H3,(H,16,20). The summed E-state index contributed by atoms with van der Waals surface area (Å²) in [4.78, 5) is 36.5. The highest BCUT2D eigenvalue weighted by Crippen LogP contribution is 2.15. The molecule has 1 fully saturated rings. The first-order valence-corrected chi connectivity index (χ1v) is 6.86. The zero-order valence-corrected chi connectivity index (χ0v) is 12.1. The number of imide groups is 1. The van der Waals surface area contributed by atoms with Crippen LogP contribution in [0.3, 0.4) is 0 Å². The van der Waals surface area contributed by atoms with E-state index < -0.39 is 12.0 Å². The number of carbonyl (C=O) groups is 3. The first-order chi connectivity index (χ1) is 10.1. The Balaban J connectivity index is 2.06. The van der Waals surface area contributed by atoms with Crippen LogP contribution < -0.4 is 5.32 Å². The van der Waals surface area contributed by atoms with Crippen LogP contribution in [-0.2, 0) is 16.1 Å². The molecule has 112 valence electrons. The number of hydrogen-bond donors (Lipinski definition) is 1. The maximum atomic E-state index is 12.1. The van der Waals surface area contributed by atoms with E-state index in [1.165, 1.54) is 12.0 Å². The predicted octanol–water partition coefficient (Wildman–Crippen LogP) is 1.69. The van der Waals surface area contributed by atoms with E-state index >= 15 is 0 Å². The number of ether oxygens (including phenoxy) is 1. The van der Waals surface area contributed by atoms with Crippen molar-refractivity contribution in [1.82, 2.24) is 10.2 Å². The number of methoxy groups -OCH3 is 1. The molecule has 6 nitrogen and oxygen atoms in total. The van der Waals surface area contributed by atoms with Crippen molar-refractivity contribution in [3.8, 4) is 0 Å². The number of carbonyl (C=O) groups excluding carboxylic acids is 3. The number of urea groups is 1. The third-order valence-corrected chi connectivity index (χ3v) is 3.40. The smallest absolute Gasteiger partial charge is 0.337 e. The third kappa shape index (κ3) is 3.21. The average molecular weight is 290 g/mol. The molecule has 1 unspecified atom stereocenters. The lowest BCUT2D eigenvalue weighted by Crippen LogP contribution is -2.30. The van der Waals surface area contributed by atoms with E-state index in [0.717, 1.165) is 12.0 Å². The van der Waals surface area contributed by atoms with Crippen LogP contribution in [0.2, 0.25) is 0 Å². The molecule has 1 aliphatic heterocycles. The third-order valence-electron chi connectivity index (χ3n) is 3.40. The van der Waals surface area contributed by atoms with Crippen LogP contribution in [0, 0.1) is 0 Å². The Kier molecular flexibility index (Phi) is 4.57. The lowest BCUT2D eigenvalue weighted by atomic mass is 10.1. The monoisotopic (exact) mass is 290 g/mol. The van der Waals surface area contributed by atoms with Crippen LogP contribution in [0.5, 0.6) is 0 Å². The molecule has 0 saturated carbocycles. The normalized spacial score (nSPS) is 17.8. The molecule has 0 radical (unpaired) electrons. The molecule has 1 aromatic carbocycles. The molecule has 2 rings (SSSR count). The second-order valence-electron chi connectivity index (χ2n) is 4.90. The molecule has 3 amide bonds. The molecule has 1 aliphatic rings. The SMILES string of the molecule is CCCC1NC(=O)N(Cc2ccc(C(=O)OC)cc2)C1=O. The minimum Gasteiger partial charge on any atom is -0.465 e. The van der Waals surface area contributed by atoms with E-state index in [2.05, 4.69) is 10.1 Å². The molecule has 1 aromatic rings. The molecular formula is C15H18N2O4. The molecule has 1 atom stereocenters. The fourth-order valence-corrected chi connectivity index (χ4v) is 2.26. The van der Waals surface area contributed by atoms with Crippen molar-refractivity contribution in [3.63, 3.8) is 0 Å². The number of nitrogens with one attached hydrogen (secondary N) is 1. The van der Waals surface area contributed by atoms with Gasteiger partial charge in [-0.05, 0) is 24.1 Å². The quantitative estimate of drug-likeness (QED) is 0.661. The van der Waals surface area contributed by atoms with Crippen molar-refractivity contribution in [2.45, 2.75) is 32.4 Å². The van der Waals surface area contributed by atoms with Gasteiger partial charge in [-0.15, -0.1) is 0 Å². The van der Waals surface area contributed by atoms with Gasteiger partial charge in [0.25, 0.3) is 5.91 Å². The molecule has 0 spiro atoms. The van der Waals surface area contributed by atoms with Gasteiger partial charge in [-0.1, -0.05) is 25.5 Å². The lowest BCUT2D eigenvalue weighted by Gasteiger charge is -2.13. The molecule has 0 bridgehead atoms. The van der Waals surface area contributed by atoms with Crippen LogP contribution in [0.1, 0.15) is 35.7 Å². The van der Waals surface area contributed by atoms with E-state index in [9.17, 15) is 14.4 Å².